The number of carboxylic acids is 1. The Balaban J connectivity index is 1.58. The van der Waals surface area contributed by atoms with Crippen LogP contribution in [0.5, 0.6) is 0 Å². The molecule has 0 unspecified atom stereocenters. The molecule has 4 rings (SSSR count). The van der Waals surface area contributed by atoms with Crippen molar-refractivity contribution in [1.82, 2.24) is 4.31 Å². The van der Waals surface area contributed by atoms with E-state index in [1.165, 1.54) is 42.5 Å². The van der Waals surface area contributed by atoms with Crippen molar-refractivity contribution < 1.29 is 48.3 Å². The Morgan fingerprint density at radius 1 is 0.805 bits per heavy atom. The highest BCUT2D eigenvalue weighted by Crippen LogP contribution is 2.38. The lowest BCUT2D eigenvalue weighted by Crippen LogP contribution is -2.40. The zero-order valence-electron chi connectivity index (χ0n) is 21.2. The number of carbonyl (C=O) groups is 1. The monoisotopic (exact) mass is 631 g/mol. The molecule has 1 aliphatic heterocycles. The Morgan fingerprint density at radius 3 is 2.00 bits per heavy atom. The van der Waals surface area contributed by atoms with Gasteiger partial charge in [0.05, 0.1) is 36.5 Å². The molecule has 1 fully saturated rings. The first-order chi connectivity index (χ1) is 19.0. The fourth-order valence-electron chi connectivity index (χ4n) is 4.55. The van der Waals surface area contributed by atoms with Crippen molar-refractivity contribution in [3.8, 4) is 0 Å². The van der Waals surface area contributed by atoms with Crippen molar-refractivity contribution in [1.29, 1.82) is 0 Å². The molecular weight excluding hydrogens is 607 g/mol. The largest absolute Gasteiger partial charge is 0.478 e. The maximum atomic E-state index is 13.8. The molecule has 0 saturated carbocycles. The summed E-state index contributed by atoms with van der Waals surface area (Å²) < 4.78 is 121. The Labute approximate surface area is 235 Å². The van der Waals surface area contributed by atoms with Gasteiger partial charge in [-0.05, 0) is 67.3 Å². The number of sulfone groups is 2. The number of carboxylic acid groups (broad SMARTS) is 1. The molecule has 1 aliphatic rings. The van der Waals surface area contributed by atoms with Crippen LogP contribution in [-0.2, 0) is 35.9 Å². The number of piperidine rings is 1. The Hall–Kier alpha value is -3.27. The lowest BCUT2D eigenvalue weighted by atomic mass is 10.0. The van der Waals surface area contributed by atoms with Gasteiger partial charge in [0.1, 0.15) is 0 Å². The summed E-state index contributed by atoms with van der Waals surface area (Å²) in [7, 11) is -13.1. The van der Waals surface area contributed by atoms with Crippen LogP contribution in [0.15, 0.2) is 92.4 Å². The highest BCUT2D eigenvalue weighted by atomic mass is 32.2. The van der Waals surface area contributed by atoms with Crippen molar-refractivity contribution in [2.45, 2.75) is 38.6 Å². The molecule has 0 amide bonds. The van der Waals surface area contributed by atoms with E-state index in [1.54, 1.807) is 6.07 Å². The summed E-state index contributed by atoms with van der Waals surface area (Å²) in [6.07, 6.45) is -5.08. The smallest absolute Gasteiger partial charge is 0.417 e. The fourth-order valence-corrected chi connectivity index (χ4v) is 9.41. The topological polar surface area (TPSA) is 143 Å². The van der Waals surface area contributed by atoms with E-state index < -0.39 is 68.9 Å². The van der Waals surface area contributed by atoms with E-state index in [1.807, 2.05) is 0 Å². The molecule has 15 heteroatoms. The summed E-state index contributed by atoms with van der Waals surface area (Å²) in [5.41, 5.74) is -1.73. The minimum absolute atomic E-state index is 0.000434. The van der Waals surface area contributed by atoms with Crippen LogP contribution >= 0.6 is 0 Å². The number of halogens is 3. The minimum atomic E-state index is -5.08. The van der Waals surface area contributed by atoms with E-state index in [0.29, 0.717) is 18.2 Å². The maximum Gasteiger partial charge on any atom is 0.417 e. The van der Waals surface area contributed by atoms with Crippen LogP contribution in [0.2, 0.25) is 0 Å². The lowest BCUT2D eigenvalue weighted by molar-refractivity contribution is -0.139. The van der Waals surface area contributed by atoms with Gasteiger partial charge in [0.15, 0.2) is 9.84 Å². The zero-order chi connectivity index (χ0) is 30.2. The number of alkyl halides is 3. The molecule has 0 aromatic heterocycles. The molecular formula is C26H24F3NO8S3. The molecule has 9 nitrogen and oxygen atoms in total. The van der Waals surface area contributed by atoms with Crippen molar-refractivity contribution in [3.63, 3.8) is 0 Å². The third-order valence-corrected chi connectivity index (χ3v) is 12.3. The van der Waals surface area contributed by atoms with E-state index in [4.69, 9.17) is 5.11 Å². The second-order valence-corrected chi connectivity index (χ2v) is 15.3. The predicted octanol–water partition coefficient (Wildman–Crippen LogP) is 4.11. The van der Waals surface area contributed by atoms with E-state index in [-0.39, 0.29) is 41.3 Å². The first-order valence-corrected chi connectivity index (χ1v) is 16.7. The minimum Gasteiger partial charge on any atom is -0.478 e. The Morgan fingerprint density at radius 2 is 1.41 bits per heavy atom. The van der Waals surface area contributed by atoms with Gasteiger partial charge in [-0.2, -0.15) is 17.5 Å². The molecule has 0 radical (unpaired) electrons. The quantitative estimate of drug-likeness (QED) is 0.391. The van der Waals surface area contributed by atoms with Crippen LogP contribution < -0.4 is 0 Å². The van der Waals surface area contributed by atoms with E-state index in [2.05, 4.69) is 0 Å². The van der Waals surface area contributed by atoms with Crippen LogP contribution in [0, 0.1) is 5.92 Å². The molecule has 1 saturated heterocycles. The van der Waals surface area contributed by atoms with Crippen molar-refractivity contribution in [3.05, 3.63) is 83.9 Å². The number of sulfonamides is 1. The van der Waals surface area contributed by atoms with Gasteiger partial charge in [-0.3, -0.25) is 0 Å². The highest BCUT2D eigenvalue weighted by molar-refractivity contribution is 7.92. The normalized spacial score (nSPS) is 16.0. The molecule has 1 heterocycles. The molecule has 1 N–H and O–H groups in total. The van der Waals surface area contributed by atoms with E-state index in [9.17, 15) is 43.2 Å². The lowest BCUT2D eigenvalue weighted by Gasteiger charge is -2.31. The fraction of sp³-hybridized carbons (Fsp3) is 0.269. The van der Waals surface area contributed by atoms with Gasteiger partial charge in [-0.1, -0.05) is 24.3 Å². The summed E-state index contributed by atoms with van der Waals surface area (Å²) in [4.78, 5) is 8.97. The molecule has 0 spiro atoms. The number of benzene rings is 3. The Bertz CT molecular complexity index is 1780. The van der Waals surface area contributed by atoms with Crippen molar-refractivity contribution in [2.75, 3.05) is 18.8 Å². The van der Waals surface area contributed by atoms with Gasteiger partial charge < -0.3 is 5.11 Å². The number of hydrogen-bond donors (Lipinski definition) is 1. The van der Waals surface area contributed by atoms with Crippen LogP contribution in [0.4, 0.5) is 13.2 Å². The third-order valence-electron chi connectivity index (χ3n) is 6.70. The van der Waals surface area contributed by atoms with Crippen molar-refractivity contribution >= 4 is 35.7 Å². The summed E-state index contributed by atoms with van der Waals surface area (Å²) in [5, 5.41) is 9.14. The molecule has 3 aromatic rings. The van der Waals surface area contributed by atoms with Gasteiger partial charge in [0, 0.05) is 13.1 Å². The van der Waals surface area contributed by atoms with Crippen LogP contribution in [0.1, 0.15) is 28.8 Å². The number of hydrogen-bond acceptors (Lipinski definition) is 7. The second kappa shape index (κ2) is 11.2. The molecule has 0 bridgehead atoms. The highest BCUT2D eigenvalue weighted by Gasteiger charge is 2.40. The molecule has 3 aromatic carbocycles. The average molecular weight is 632 g/mol. The van der Waals surface area contributed by atoms with Gasteiger partial charge in [-0.25, -0.2) is 30.0 Å². The number of rotatable bonds is 8. The van der Waals surface area contributed by atoms with E-state index in [0.717, 1.165) is 10.4 Å². The SMILES string of the molecule is O=C(O)c1cccc(S(=O)(=O)N2CCC(CS(=O)(=O)c3cc(S(=O)(=O)c4ccccc4)ccc3C(F)(F)F)CC2)c1. The second-order valence-electron chi connectivity index (χ2n) is 9.43. The van der Waals surface area contributed by atoms with E-state index >= 15 is 0 Å². The van der Waals surface area contributed by atoms with Crippen LogP contribution in [-0.4, -0.2) is 59.5 Å². The molecule has 220 valence electrons. The Kier molecular flexibility index (Phi) is 8.38. The average Bonchev–Trinajstić information content (AvgIpc) is 2.93. The van der Waals surface area contributed by atoms with Gasteiger partial charge in [0.25, 0.3) is 0 Å². The number of aromatic carboxylic acids is 1. The predicted molar refractivity (Wildman–Crippen MR) is 140 cm³/mol. The summed E-state index contributed by atoms with van der Waals surface area (Å²) >= 11 is 0. The van der Waals surface area contributed by atoms with Crippen molar-refractivity contribution in [2.24, 2.45) is 5.92 Å². The maximum absolute atomic E-state index is 13.8. The van der Waals surface area contributed by atoms with Gasteiger partial charge in [0.2, 0.25) is 19.9 Å². The molecule has 41 heavy (non-hydrogen) atoms. The molecule has 0 atom stereocenters. The molecule has 0 aliphatic carbocycles. The van der Waals surface area contributed by atoms with Crippen LogP contribution in [0.25, 0.3) is 0 Å². The van der Waals surface area contributed by atoms with Gasteiger partial charge in [-0.15, -0.1) is 0 Å². The first-order valence-electron chi connectivity index (χ1n) is 12.1. The van der Waals surface area contributed by atoms with Gasteiger partial charge >= 0.3 is 12.1 Å². The summed E-state index contributed by atoms with van der Waals surface area (Å²) in [6.45, 7) is -0.289. The number of nitrogens with zero attached hydrogens (tertiary/aromatic N) is 1. The van der Waals surface area contributed by atoms with Crippen LogP contribution in [0.3, 0.4) is 0 Å². The summed E-state index contributed by atoms with van der Waals surface area (Å²) in [5.74, 6) is -2.79. The zero-order valence-corrected chi connectivity index (χ0v) is 23.6. The first kappa shape index (κ1) is 30.7. The third kappa shape index (κ3) is 6.47. The standard InChI is InChI=1S/C26H24F3NO8S3/c27-26(28,29)23-10-9-21(40(35,36)20-6-2-1-3-7-20)16-24(23)39(33,34)17-18-11-13-30(14-12-18)41(37,38)22-8-4-5-19(15-22)25(31)32/h1-10,15-16,18H,11-14,17H2,(H,31,32). The summed E-state index contributed by atoms with van der Waals surface area (Å²) in [6, 6.07) is 13.3.